The summed E-state index contributed by atoms with van der Waals surface area (Å²) in [5, 5.41) is 14.2. The van der Waals surface area contributed by atoms with Gasteiger partial charge < -0.3 is 9.64 Å². The number of nitrogens with zero attached hydrogens (tertiary/aromatic N) is 5. The Balaban J connectivity index is 1.61. The number of carbonyl (C=O) groups excluding carboxylic acids is 2. The monoisotopic (exact) mass is 520 g/mol. The van der Waals surface area contributed by atoms with Gasteiger partial charge in [0.25, 0.3) is 0 Å². The molecule has 0 amide bonds. The van der Waals surface area contributed by atoms with Crippen LogP contribution in [-0.4, -0.2) is 56.4 Å². The zero-order valence-corrected chi connectivity index (χ0v) is 20.9. The smallest absolute Gasteiger partial charge is 0.404 e. The van der Waals surface area contributed by atoms with Crippen molar-refractivity contribution < 1.29 is 23.1 Å². The van der Waals surface area contributed by atoms with E-state index in [0.717, 1.165) is 22.3 Å². The number of aromatic nitrogens is 5. The van der Waals surface area contributed by atoms with Crippen LogP contribution in [0.3, 0.4) is 0 Å². The van der Waals surface area contributed by atoms with E-state index >= 15 is 0 Å². The molecule has 0 radical (unpaired) electrons. The molecule has 0 saturated carbocycles. The fourth-order valence-electron chi connectivity index (χ4n) is 4.06. The van der Waals surface area contributed by atoms with E-state index in [2.05, 4.69) is 30.3 Å². The molecule has 0 bridgehead atoms. The summed E-state index contributed by atoms with van der Waals surface area (Å²) in [5.41, 5.74) is 3.20. The van der Waals surface area contributed by atoms with Crippen molar-refractivity contribution in [3.8, 4) is 22.5 Å². The van der Waals surface area contributed by atoms with Crippen LogP contribution in [0.4, 0.5) is 14.6 Å². The second-order valence-corrected chi connectivity index (χ2v) is 8.40. The number of nitrogens with one attached hydrogen (secondary N) is 1. The minimum atomic E-state index is -4.32. The Morgan fingerprint density at radius 3 is 2.39 bits per heavy atom. The standard InChI is InChI=1S/C27H26F2N6O3/c1-3-16-35(25-22(10-7-15-30-25)23(36)27(28,29)26(37)38-4-2)17-18-11-13-19(14-12-18)20-8-5-6-9-21(20)24-31-33-34-32-24/h5-15H,3-4,16-17H2,1-2H3,(H,31,32,33,34). The van der Waals surface area contributed by atoms with Crippen LogP contribution >= 0.6 is 0 Å². The second kappa shape index (κ2) is 11.7. The molecular formula is C27H26F2N6O3. The molecule has 4 rings (SSSR count). The molecule has 2 aromatic heterocycles. The summed E-state index contributed by atoms with van der Waals surface area (Å²) in [6.07, 6.45) is 2.10. The number of aromatic amines is 1. The van der Waals surface area contributed by atoms with E-state index in [1.165, 1.54) is 25.3 Å². The Hall–Kier alpha value is -4.54. The van der Waals surface area contributed by atoms with Crippen molar-refractivity contribution in [2.75, 3.05) is 18.1 Å². The summed E-state index contributed by atoms with van der Waals surface area (Å²) < 4.78 is 33.6. The molecule has 0 aliphatic rings. The number of ketones is 1. The number of rotatable bonds is 11. The highest BCUT2D eigenvalue weighted by atomic mass is 19.3. The summed E-state index contributed by atoms with van der Waals surface area (Å²) in [4.78, 5) is 30.5. The Morgan fingerprint density at radius 1 is 1.00 bits per heavy atom. The zero-order chi connectivity index (χ0) is 27.1. The average Bonchev–Trinajstić information content (AvgIpc) is 3.48. The molecule has 2 heterocycles. The maximum absolute atomic E-state index is 14.6. The molecule has 0 aliphatic heterocycles. The summed E-state index contributed by atoms with van der Waals surface area (Å²) in [7, 11) is 0. The number of benzene rings is 2. The number of hydrogen-bond donors (Lipinski definition) is 1. The van der Waals surface area contributed by atoms with Crippen LogP contribution in [0.25, 0.3) is 22.5 Å². The third kappa shape index (κ3) is 5.56. The van der Waals surface area contributed by atoms with Crippen LogP contribution in [0.1, 0.15) is 36.2 Å². The molecule has 1 N–H and O–H groups in total. The highest BCUT2D eigenvalue weighted by molar-refractivity contribution is 6.15. The number of halogens is 2. The number of ether oxygens (including phenoxy) is 1. The van der Waals surface area contributed by atoms with Crippen molar-refractivity contribution in [3.05, 3.63) is 78.0 Å². The Labute approximate surface area is 217 Å². The highest BCUT2D eigenvalue weighted by Gasteiger charge is 2.50. The third-order valence-electron chi connectivity index (χ3n) is 5.79. The number of Topliss-reactive ketones (excluding diaryl/α,β-unsaturated/α-hetero) is 1. The largest absolute Gasteiger partial charge is 0.461 e. The summed E-state index contributed by atoms with van der Waals surface area (Å²) in [6, 6.07) is 18.0. The van der Waals surface area contributed by atoms with Gasteiger partial charge in [0.2, 0.25) is 11.6 Å². The lowest BCUT2D eigenvalue weighted by Crippen LogP contribution is -2.40. The first-order valence-electron chi connectivity index (χ1n) is 12.1. The molecule has 2 aromatic carbocycles. The Kier molecular flexibility index (Phi) is 8.15. The number of anilines is 1. The van der Waals surface area contributed by atoms with Gasteiger partial charge in [0.05, 0.1) is 12.2 Å². The van der Waals surface area contributed by atoms with Crippen LogP contribution in [0, 0.1) is 0 Å². The van der Waals surface area contributed by atoms with E-state index in [1.807, 2.05) is 55.5 Å². The maximum Gasteiger partial charge on any atom is 0.404 e. The summed E-state index contributed by atoms with van der Waals surface area (Å²) in [6.45, 7) is 3.82. The van der Waals surface area contributed by atoms with E-state index < -0.39 is 17.7 Å². The van der Waals surface area contributed by atoms with Crippen LogP contribution in [0.5, 0.6) is 0 Å². The topological polar surface area (TPSA) is 114 Å². The molecular weight excluding hydrogens is 494 g/mol. The van der Waals surface area contributed by atoms with E-state index in [4.69, 9.17) is 0 Å². The second-order valence-electron chi connectivity index (χ2n) is 8.40. The van der Waals surface area contributed by atoms with Crippen molar-refractivity contribution in [3.63, 3.8) is 0 Å². The minimum Gasteiger partial charge on any atom is -0.461 e. The molecule has 4 aromatic rings. The van der Waals surface area contributed by atoms with Crippen molar-refractivity contribution in [2.24, 2.45) is 0 Å². The molecule has 0 saturated heterocycles. The van der Waals surface area contributed by atoms with Gasteiger partial charge >= 0.3 is 11.9 Å². The summed E-state index contributed by atoms with van der Waals surface area (Å²) in [5.74, 6) is -7.29. The molecule has 0 fully saturated rings. The van der Waals surface area contributed by atoms with Gasteiger partial charge in [0, 0.05) is 24.8 Å². The fraction of sp³-hybridized carbons (Fsp3) is 0.259. The number of carbonyl (C=O) groups is 2. The number of esters is 1. The molecule has 0 aliphatic carbocycles. The highest BCUT2D eigenvalue weighted by Crippen LogP contribution is 2.31. The third-order valence-corrected chi connectivity index (χ3v) is 5.79. The van der Waals surface area contributed by atoms with E-state index in [9.17, 15) is 18.4 Å². The quantitative estimate of drug-likeness (QED) is 0.172. The molecule has 0 atom stereocenters. The maximum atomic E-state index is 14.6. The van der Waals surface area contributed by atoms with Crippen LogP contribution in [-0.2, 0) is 16.1 Å². The number of pyridine rings is 1. The van der Waals surface area contributed by atoms with E-state index in [1.54, 1.807) is 4.90 Å². The lowest BCUT2D eigenvalue weighted by Gasteiger charge is -2.26. The van der Waals surface area contributed by atoms with Gasteiger partial charge in [-0.2, -0.15) is 14.0 Å². The fourth-order valence-corrected chi connectivity index (χ4v) is 4.06. The number of hydrogen-bond acceptors (Lipinski definition) is 8. The lowest BCUT2D eigenvalue weighted by molar-refractivity contribution is -0.164. The molecule has 196 valence electrons. The van der Waals surface area contributed by atoms with Gasteiger partial charge in [-0.1, -0.05) is 55.5 Å². The molecule has 0 spiro atoms. The van der Waals surface area contributed by atoms with Crippen molar-refractivity contribution >= 4 is 17.6 Å². The SMILES string of the molecule is CCCN(Cc1ccc(-c2ccccc2-c2nn[nH]n2)cc1)c1ncccc1C(=O)C(F)(F)C(=O)OCC. The van der Waals surface area contributed by atoms with Crippen LogP contribution in [0.2, 0.25) is 0 Å². The normalized spacial score (nSPS) is 11.3. The molecule has 9 nitrogen and oxygen atoms in total. The molecule has 0 unspecified atom stereocenters. The first kappa shape index (κ1) is 26.5. The lowest BCUT2D eigenvalue weighted by atomic mass is 9.98. The predicted octanol–water partition coefficient (Wildman–Crippen LogP) is 4.73. The minimum absolute atomic E-state index is 0.0786. The van der Waals surface area contributed by atoms with E-state index in [-0.39, 0.29) is 18.0 Å². The van der Waals surface area contributed by atoms with Gasteiger partial charge in [0.15, 0.2) is 0 Å². The summed E-state index contributed by atoms with van der Waals surface area (Å²) >= 11 is 0. The average molecular weight is 521 g/mol. The van der Waals surface area contributed by atoms with Crippen LogP contribution in [0.15, 0.2) is 66.9 Å². The van der Waals surface area contributed by atoms with Crippen LogP contribution < -0.4 is 4.90 Å². The number of tetrazole rings is 1. The number of alkyl halides is 2. The van der Waals surface area contributed by atoms with Gasteiger partial charge in [-0.15, -0.1) is 10.2 Å². The first-order chi connectivity index (χ1) is 18.4. The van der Waals surface area contributed by atoms with Crippen molar-refractivity contribution in [1.29, 1.82) is 0 Å². The van der Waals surface area contributed by atoms with E-state index in [0.29, 0.717) is 25.3 Å². The molecule has 11 heteroatoms. The van der Waals surface area contributed by atoms with Gasteiger partial charge in [-0.3, -0.25) is 4.79 Å². The van der Waals surface area contributed by atoms with Gasteiger partial charge in [-0.05, 0) is 47.4 Å². The van der Waals surface area contributed by atoms with Crippen molar-refractivity contribution in [1.82, 2.24) is 25.6 Å². The van der Waals surface area contributed by atoms with Crippen molar-refractivity contribution in [2.45, 2.75) is 32.7 Å². The first-order valence-corrected chi connectivity index (χ1v) is 12.1. The zero-order valence-electron chi connectivity index (χ0n) is 20.9. The predicted molar refractivity (Wildman–Crippen MR) is 137 cm³/mol. The van der Waals surface area contributed by atoms with Gasteiger partial charge in [0.1, 0.15) is 5.82 Å². The Bertz CT molecular complexity index is 1390. The molecule has 38 heavy (non-hydrogen) atoms. The van der Waals surface area contributed by atoms with Gasteiger partial charge in [-0.25, -0.2) is 9.78 Å². The number of H-pyrrole nitrogens is 1. The Morgan fingerprint density at radius 2 is 1.74 bits per heavy atom.